The Morgan fingerprint density at radius 2 is 1.16 bits per heavy atom. The molecule has 110 valence electrons. The first-order valence-corrected chi connectivity index (χ1v) is 8.26. The van der Waals surface area contributed by atoms with Crippen LogP contribution in [0.25, 0.3) is 0 Å². The summed E-state index contributed by atoms with van der Waals surface area (Å²) in [7, 11) is 0. The first-order valence-electron chi connectivity index (χ1n) is 8.26. The smallest absolute Gasteiger partial charge is 0.120 e. The van der Waals surface area contributed by atoms with E-state index in [1.54, 1.807) is 6.08 Å². The summed E-state index contributed by atoms with van der Waals surface area (Å²) >= 11 is 0. The standard InChI is InChI=1S/C18H32O/c1-2-3-4-5-6-7-8-9-10-11-12-13-14-15-16-17-18-19/h9-10,17H,2-8,11-16H2,1H3/b10-9-. The summed E-state index contributed by atoms with van der Waals surface area (Å²) in [4.78, 5) is 9.95. The molecule has 1 heteroatoms. The van der Waals surface area contributed by atoms with Crippen LogP contribution in [-0.2, 0) is 4.79 Å². The van der Waals surface area contributed by atoms with E-state index in [0.29, 0.717) is 0 Å². The maximum absolute atomic E-state index is 9.95. The minimum absolute atomic E-state index is 0.900. The second-order valence-corrected chi connectivity index (χ2v) is 5.34. The van der Waals surface area contributed by atoms with Crippen molar-refractivity contribution in [1.82, 2.24) is 0 Å². The molecule has 0 heterocycles. The van der Waals surface area contributed by atoms with Crippen LogP contribution in [0, 0.1) is 0 Å². The molecule has 1 nitrogen and oxygen atoms in total. The predicted molar refractivity (Wildman–Crippen MR) is 85.1 cm³/mol. The van der Waals surface area contributed by atoms with Crippen LogP contribution in [0.3, 0.4) is 0 Å². The fourth-order valence-electron chi connectivity index (χ4n) is 2.20. The van der Waals surface area contributed by atoms with E-state index >= 15 is 0 Å². The topological polar surface area (TPSA) is 17.1 Å². The molecule has 0 saturated heterocycles. The Balaban J connectivity index is 3.06. The van der Waals surface area contributed by atoms with E-state index in [4.69, 9.17) is 0 Å². The highest BCUT2D eigenvalue weighted by Gasteiger charge is 1.89. The lowest BCUT2D eigenvalue weighted by Crippen LogP contribution is -1.78. The van der Waals surface area contributed by atoms with Crippen molar-refractivity contribution >= 4 is 5.94 Å². The van der Waals surface area contributed by atoms with Crippen LogP contribution in [0.1, 0.15) is 90.4 Å². The summed E-state index contributed by atoms with van der Waals surface area (Å²) in [6.45, 7) is 2.27. The summed E-state index contributed by atoms with van der Waals surface area (Å²) < 4.78 is 0. The van der Waals surface area contributed by atoms with E-state index in [0.717, 1.165) is 12.8 Å². The predicted octanol–water partition coefficient (Wildman–Crippen LogP) is 6.02. The van der Waals surface area contributed by atoms with Crippen molar-refractivity contribution in [3.63, 3.8) is 0 Å². The number of hydrogen-bond donors (Lipinski definition) is 0. The molecule has 0 aliphatic rings. The summed E-state index contributed by atoms with van der Waals surface area (Å²) in [5.41, 5.74) is 0. The first kappa shape index (κ1) is 18.2. The van der Waals surface area contributed by atoms with Crippen LogP contribution in [0.2, 0.25) is 0 Å². The van der Waals surface area contributed by atoms with E-state index in [9.17, 15) is 4.79 Å². The van der Waals surface area contributed by atoms with Crippen LogP contribution in [-0.4, -0.2) is 5.94 Å². The molecule has 0 aliphatic carbocycles. The van der Waals surface area contributed by atoms with Gasteiger partial charge in [-0.2, -0.15) is 0 Å². The van der Waals surface area contributed by atoms with E-state index < -0.39 is 0 Å². The lowest BCUT2D eigenvalue weighted by molar-refractivity contribution is 0.567. The SMILES string of the molecule is CCCCCCCC/C=C\CCCCCCC=C=O. The average molecular weight is 264 g/mol. The van der Waals surface area contributed by atoms with Crippen molar-refractivity contribution in [2.24, 2.45) is 0 Å². The molecule has 0 aliphatic heterocycles. The molecular formula is C18H32O. The fourth-order valence-corrected chi connectivity index (χ4v) is 2.20. The summed E-state index contributed by atoms with van der Waals surface area (Å²) in [5.74, 6) is 1.83. The van der Waals surface area contributed by atoms with Crippen LogP contribution >= 0.6 is 0 Å². The monoisotopic (exact) mass is 264 g/mol. The van der Waals surface area contributed by atoms with Crippen molar-refractivity contribution < 1.29 is 4.79 Å². The van der Waals surface area contributed by atoms with Crippen LogP contribution in [0.15, 0.2) is 18.2 Å². The zero-order valence-electron chi connectivity index (χ0n) is 12.8. The van der Waals surface area contributed by atoms with Gasteiger partial charge in [-0.05, 0) is 44.6 Å². The van der Waals surface area contributed by atoms with Crippen molar-refractivity contribution in [2.45, 2.75) is 90.4 Å². The van der Waals surface area contributed by atoms with E-state index in [-0.39, 0.29) is 0 Å². The largest absolute Gasteiger partial charge is 0.234 e. The molecule has 0 amide bonds. The van der Waals surface area contributed by atoms with Crippen molar-refractivity contribution in [2.75, 3.05) is 0 Å². The Hall–Kier alpha value is -0.810. The van der Waals surface area contributed by atoms with Gasteiger partial charge in [0, 0.05) is 0 Å². The van der Waals surface area contributed by atoms with Crippen molar-refractivity contribution in [3.8, 4) is 0 Å². The lowest BCUT2D eigenvalue weighted by atomic mass is 10.1. The molecule has 0 aromatic rings. The molecule has 0 fully saturated rings. The molecular weight excluding hydrogens is 232 g/mol. The Morgan fingerprint density at radius 3 is 1.68 bits per heavy atom. The Labute approximate surface area is 120 Å². The summed E-state index contributed by atoms with van der Waals surface area (Å²) in [6.07, 6.45) is 23.0. The Kier molecular flexibility index (Phi) is 16.5. The third-order valence-corrected chi connectivity index (χ3v) is 3.44. The van der Waals surface area contributed by atoms with Crippen LogP contribution in [0.5, 0.6) is 0 Å². The zero-order valence-corrected chi connectivity index (χ0v) is 12.8. The Morgan fingerprint density at radius 1 is 0.684 bits per heavy atom. The maximum Gasteiger partial charge on any atom is 0.120 e. The van der Waals surface area contributed by atoms with Gasteiger partial charge in [-0.1, -0.05) is 64.0 Å². The van der Waals surface area contributed by atoms with Gasteiger partial charge in [0.05, 0.1) is 0 Å². The van der Waals surface area contributed by atoms with Crippen molar-refractivity contribution in [3.05, 3.63) is 18.2 Å². The molecule has 0 atom stereocenters. The van der Waals surface area contributed by atoms with Crippen LogP contribution in [0.4, 0.5) is 0 Å². The van der Waals surface area contributed by atoms with Gasteiger partial charge in [-0.25, -0.2) is 4.79 Å². The average Bonchev–Trinajstić information content (AvgIpc) is 2.43. The van der Waals surface area contributed by atoms with Gasteiger partial charge in [-0.3, -0.25) is 0 Å². The minimum atomic E-state index is 0.900. The van der Waals surface area contributed by atoms with Gasteiger partial charge in [-0.15, -0.1) is 0 Å². The van der Waals surface area contributed by atoms with Crippen LogP contribution < -0.4 is 0 Å². The second kappa shape index (κ2) is 17.2. The minimum Gasteiger partial charge on any atom is -0.234 e. The van der Waals surface area contributed by atoms with Crippen molar-refractivity contribution in [1.29, 1.82) is 0 Å². The van der Waals surface area contributed by atoms with Gasteiger partial charge < -0.3 is 0 Å². The molecule has 0 aromatic heterocycles. The summed E-state index contributed by atoms with van der Waals surface area (Å²) in [6, 6.07) is 0. The second-order valence-electron chi connectivity index (χ2n) is 5.34. The molecule has 0 aromatic carbocycles. The van der Waals surface area contributed by atoms with Gasteiger partial charge >= 0.3 is 0 Å². The van der Waals surface area contributed by atoms with E-state index in [1.165, 1.54) is 70.6 Å². The van der Waals surface area contributed by atoms with Gasteiger partial charge in [0.1, 0.15) is 5.94 Å². The summed E-state index contributed by atoms with van der Waals surface area (Å²) in [5, 5.41) is 0. The molecule has 0 N–H and O–H groups in total. The normalized spacial score (nSPS) is 10.8. The number of allylic oxidation sites excluding steroid dienone is 3. The molecule has 0 radical (unpaired) electrons. The van der Waals surface area contributed by atoms with Gasteiger partial charge in [0.25, 0.3) is 0 Å². The highest BCUT2D eigenvalue weighted by Crippen LogP contribution is 2.09. The highest BCUT2D eigenvalue weighted by atomic mass is 16.1. The quantitative estimate of drug-likeness (QED) is 0.213. The first-order chi connectivity index (χ1) is 9.41. The third-order valence-electron chi connectivity index (χ3n) is 3.44. The molecule has 0 saturated carbocycles. The lowest BCUT2D eigenvalue weighted by Gasteiger charge is -1.98. The fraction of sp³-hybridized carbons (Fsp3) is 0.778. The molecule has 19 heavy (non-hydrogen) atoms. The van der Waals surface area contributed by atoms with E-state index in [1.807, 2.05) is 5.94 Å². The Bertz CT molecular complexity index is 236. The van der Waals surface area contributed by atoms with E-state index in [2.05, 4.69) is 19.1 Å². The number of hydrogen-bond acceptors (Lipinski definition) is 1. The number of carbonyl (C=O) groups excluding carboxylic acids is 1. The van der Waals surface area contributed by atoms with Gasteiger partial charge in [0.15, 0.2) is 0 Å². The zero-order chi connectivity index (χ0) is 14.0. The van der Waals surface area contributed by atoms with Gasteiger partial charge in [0.2, 0.25) is 0 Å². The number of rotatable bonds is 14. The third kappa shape index (κ3) is 17.2. The molecule has 0 unspecified atom stereocenters. The molecule has 0 rings (SSSR count). The maximum atomic E-state index is 9.95. The molecule has 0 bridgehead atoms. The highest BCUT2D eigenvalue weighted by molar-refractivity contribution is 5.44. The molecule has 0 spiro atoms. The number of unbranched alkanes of at least 4 members (excludes halogenated alkanes) is 11.